The molecule has 0 aliphatic rings. The number of rotatable bonds is 6. The predicted octanol–water partition coefficient (Wildman–Crippen LogP) is 5.18. The molecule has 0 aliphatic carbocycles. The monoisotopic (exact) mass is 361 g/mol. The van der Waals surface area contributed by atoms with Crippen LogP contribution in [0.3, 0.4) is 0 Å². The lowest BCUT2D eigenvalue weighted by molar-refractivity contribution is 0.415. The van der Waals surface area contributed by atoms with Crippen LogP contribution in [0.15, 0.2) is 48.5 Å². The number of nitrogens with zero attached hydrogens (tertiary/aromatic N) is 2. The molecule has 0 saturated heterocycles. The number of fused-ring (bicyclic) bond motifs is 1. The summed E-state index contributed by atoms with van der Waals surface area (Å²) in [5.74, 6) is 0.848. The Hall–Kier alpha value is -2.85. The number of aryl methyl sites for hydroxylation is 2. The van der Waals surface area contributed by atoms with E-state index < -0.39 is 0 Å². The molecule has 2 aromatic carbocycles. The molecule has 0 spiro atoms. The summed E-state index contributed by atoms with van der Waals surface area (Å²) < 4.78 is 5.25. The van der Waals surface area contributed by atoms with Crippen molar-refractivity contribution in [3.63, 3.8) is 0 Å². The number of hydrogen-bond donors (Lipinski definition) is 1. The van der Waals surface area contributed by atoms with Gasteiger partial charge >= 0.3 is 0 Å². The van der Waals surface area contributed by atoms with Crippen LogP contribution in [0.2, 0.25) is 0 Å². The maximum absolute atomic E-state index is 5.25. The molecule has 0 amide bonds. The normalized spacial score (nSPS) is 11.5. The summed E-state index contributed by atoms with van der Waals surface area (Å²) in [6.45, 7) is 5.07. The first kappa shape index (κ1) is 18.9. The molecular formula is C23H27N3O. The van der Waals surface area contributed by atoms with Crippen molar-refractivity contribution in [3.05, 3.63) is 65.4 Å². The molecule has 4 nitrogen and oxygen atoms in total. The van der Waals surface area contributed by atoms with Gasteiger partial charge in [-0.05, 0) is 81.5 Å². The highest BCUT2D eigenvalue weighted by Crippen LogP contribution is 2.30. The fourth-order valence-corrected chi connectivity index (χ4v) is 3.09. The number of benzene rings is 2. The second-order valence-electron chi connectivity index (χ2n) is 7.06. The average molecular weight is 361 g/mol. The van der Waals surface area contributed by atoms with E-state index in [-0.39, 0.29) is 0 Å². The molecule has 0 radical (unpaired) electrons. The summed E-state index contributed by atoms with van der Waals surface area (Å²) in [7, 11) is 5.81. The van der Waals surface area contributed by atoms with Crippen LogP contribution in [0.25, 0.3) is 17.0 Å². The Morgan fingerprint density at radius 2 is 1.81 bits per heavy atom. The average Bonchev–Trinajstić information content (AvgIpc) is 2.63. The number of likely N-dealkylation sites (N-methyl/N-ethyl adjacent to an activating group) is 1. The van der Waals surface area contributed by atoms with Gasteiger partial charge in [0.15, 0.2) is 0 Å². The van der Waals surface area contributed by atoms with Gasteiger partial charge in [-0.1, -0.05) is 12.2 Å². The molecule has 0 saturated carbocycles. The zero-order valence-electron chi connectivity index (χ0n) is 16.7. The molecule has 0 aliphatic heterocycles. The standard InChI is InChI=1S/C23H27N3O/c1-16-13-18(7-6-12-26(3)4)15-21-22(14-17(2)24-23(16)21)25-19-8-10-20(27-5)11-9-19/h6-11,13-15H,12H2,1-5H3,(H,24,25)/b7-6+. The Morgan fingerprint density at radius 1 is 1.07 bits per heavy atom. The van der Waals surface area contributed by atoms with Gasteiger partial charge < -0.3 is 15.0 Å². The number of hydrogen-bond acceptors (Lipinski definition) is 4. The first-order chi connectivity index (χ1) is 13.0. The van der Waals surface area contributed by atoms with Crippen LogP contribution in [-0.2, 0) is 0 Å². The van der Waals surface area contributed by atoms with E-state index in [1.54, 1.807) is 7.11 Å². The molecule has 1 heterocycles. The molecule has 0 atom stereocenters. The van der Waals surface area contributed by atoms with Crippen LogP contribution in [0, 0.1) is 13.8 Å². The highest BCUT2D eigenvalue weighted by molar-refractivity contribution is 5.96. The van der Waals surface area contributed by atoms with E-state index in [2.05, 4.69) is 61.6 Å². The fraction of sp³-hybridized carbons (Fsp3) is 0.261. The number of nitrogens with one attached hydrogen (secondary N) is 1. The SMILES string of the molecule is COc1ccc(Nc2cc(C)nc3c(C)cc(/C=C/CN(C)C)cc23)cc1. The van der Waals surface area contributed by atoms with Crippen molar-refractivity contribution >= 4 is 28.4 Å². The predicted molar refractivity (Wildman–Crippen MR) is 115 cm³/mol. The summed E-state index contributed by atoms with van der Waals surface area (Å²) in [4.78, 5) is 6.91. The number of pyridine rings is 1. The van der Waals surface area contributed by atoms with Gasteiger partial charge in [0.2, 0.25) is 0 Å². The van der Waals surface area contributed by atoms with Gasteiger partial charge in [-0.25, -0.2) is 0 Å². The van der Waals surface area contributed by atoms with E-state index >= 15 is 0 Å². The highest BCUT2D eigenvalue weighted by Gasteiger charge is 2.08. The van der Waals surface area contributed by atoms with Crippen LogP contribution in [0.4, 0.5) is 11.4 Å². The Morgan fingerprint density at radius 3 is 2.48 bits per heavy atom. The largest absolute Gasteiger partial charge is 0.497 e. The quantitative estimate of drug-likeness (QED) is 0.656. The summed E-state index contributed by atoms with van der Waals surface area (Å²) in [6, 6.07) is 14.4. The van der Waals surface area contributed by atoms with Crippen LogP contribution >= 0.6 is 0 Å². The fourth-order valence-electron chi connectivity index (χ4n) is 3.09. The molecule has 140 valence electrons. The summed E-state index contributed by atoms with van der Waals surface area (Å²) in [6.07, 6.45) is 4.35. The molecule has 1 N–H and O–H groups in total. The van der Waals surface area contributed by atoms with E-state index in [1.807, 2.05) is 31.2 Å². The number of ether oxygens (including phenoxy) is 1. The van der Waals surface area contributed by atoms with Crippen LogP contribution < -0.4 is 10.1 Å². The summed E-state index contributed by atoms with van der Waals surface area (Å²) >= 11 is 0. The zero-order valence-corrected chi connectivity index (χ0v) is 16.7. The zero-order chi connectivity index (χ0) is 19.4. The van der Waals surface area contributed by atoms with Crippen molar-refractivity contribution in [3.8, 4) is 5.75 Å². The Balaban J connectivity index is 2.01. The van der Waals surface area contributed by atoms with Crippen molar-refractivity contribution in [1.82, 2.24) is 9.88 Å². The van der Waals surface area contributed by atoms with Gasteiger partial charge in [-0.15, -0.1) is 0 Å². The van der Waals surface area contributed by atoms with Gasteiger partial charge in [0.25, 0.3) is 0 Å². The maximum atomic E-state index is 5.25. The first-order valence-electron chi connectivity index (χ1n) is 9.10. The Labute approximate surface area is 161 Å². The van der Waals surface area contributed by atoms with Crippen LogP contribution in [0.5, 0.6) is 5.75 Å². The lowest BCUT2D eigenvalue weighted by atomic mass is 10.0. The lowest BCUT2D eigenvalue weighted by Gasteiger charge is -2.14. The molecule has 3 rings (SSSR count). The second-order valence-corrected chi connectivity index (χ2v) is 7.06. The highest BCUT2D eigenvalue weighted by atomic mass is 16.5. The van der Waals surface area contributed by atoms with E-state index in [1.165, 1.54) is 11.1 Å². The smallest absolute Gasteiger partial charge is 0.119 e. The maximum Gasteiger partial charge on any atom is 0.119 e. The molecule has 4 heteroatoms. The second kappa shape index (κ2) is 8.23. The van der Waals surface area contributed by atoms with Crippen LogP contribution in [-0.4, -0.2) is 37.6 Å². The van der Waals surface area contributed by atoms with E-state index in [4.69, 9.17) is 9.72 Å². The number of methoxy groups -OCH3 is 1. The summed E-state index contributed by atoms with van der Waals surface area (Å²) in [5.41, 5.74) is 6.49. The van der Waals surface area contributed by atoms with Crippen molar-refractivity contribution in [2.24, 2.45) is 0 Å². The van der Waals surface area contributed by atoms with E-state index in [0.29, 0.717) is 0 Å². The minimum atomic E-state index is 0.848. The van der Waals surface area contributed by atoms with Crippen molar-refractivity contribution < 1.29 is 4.74 Å². The van der Waals surface area contributed by atoms with Crippen molar-refractivity contribution in [2.75, 3.05) is 33.1 Å². The third kappa shape index (κ3) is 4.66. The molecule has 0 unspecified atom stereocenters. The third-order valence-electron chi connectivity index (χ3n) is 4.40. The molecule has 0 fully saturated rings. The minimum Gasteiger partial charge on any atom is -0.497 e. The number of anilines is 2. The number of aromatic nitrogens is 1. The summed E-state index contributed by atoms with van der Waals surface area (Å²) in [5, 5.41) is 4.67. The lowest BCUT2D eigenvalue weighted by Crippen LogP contribution is -2.10. The molecule has 27 heavy (non-hydrogen) atoms. The van der Waals surface area contributed by atoms with E-state index in [9.17, 15) is 0 Å². The molecular weight excluding hydrogens is 334 g/mol. The van der Waals surface area contributed by atoms with Gasteiger partial charge in [0.05, 0.1) is 12.6 Å². The Kier molecular flexibility index (Phi) is 5.77. The third-order valence-corrected chi connectivity index (χ3v) is 4.40. The van der Waals surface area contributed by atoms with Crippen molar-refractivity contribution in [2.45, 2.75) is 13.8 Å². The Bertz CT molecular complexity index is 960. The van der Waals surface area contributed by atoms with Crippen LogP contribution in [0.1, 0.15) is 16.8 Å². The van der Waals surface area contributed by atoms with Gasteiger partial charge in [-0.3, -0.25) is 4.98 Å². The van der Waals surface area contributed by atoms with Gasteiger partial charge in [0.1, 0.15) is 5.75 Å². The van der Waals surface area contributed by atoms with Gasteiger partial charge in [-0.2, -0.15) is 0 Å². The molecule has 0 bridgehead atoms. The molecule has 1 aromatic heterocycles. The first-order valence-corrected chi connectivity index (χ1v) is 9.10. The van der Waals surface area contributed by atoms with Crippen molar-refractivity contribution in [1.29, 1.82) is 0 Å². The van der Waals surface area contributed by atoms with Gasteiger partial charge in [0, 0.05) is 29.0 Å². The molecule has 3 aromatic rings. The topological polar surface area (TPSA) is 37.4 Å². The van der Waals surface area contributed by atoms with E-state index in [0.717, 1.165) is 40.3 Å². The minimum absolute atomic E-state index is 0.848.